The second-order valence-corrected chi connectivity index (χ2v) is 2.64. The molecule has 0 amide bonds. The Morgan fingerprint density at radius 1 is 0.824 bits per heavy atom. The third-order valence-corrected chi connectivity index (χ3v) is 1.37. The van der Waals surface area contributed by atoms with Crippen LogP contribution in [-0.2, 0) is 19.0 Å². The zero-order chi connectivity index (χ0) is 13.1. The fraction of sp³-hybridized carbons (Fsp3) is 0.667. The van der Waals surface area contributed by atoms with Crippen LogP contribution < -0.4 is 0 Å². The summed E-state index contributed by atoms with van der Waals surface area (Å²) in [4.78, 5) is 10.8. The Hall–Kier alpha value is -1.51. The van der Waals surface area contributed by atoms with E-state index < -0.39 is 17.7 Å². The van der Waals surface area contributed by atoms with Crippen molar-refractivity contribution in [1.29, 1.82) is 0 Å². The van der Waals surface area contributed by atoms with Gasteiger partial charge in [0.2, 0.25) is 0 Å². The summed E-state index contributed by atoms with van der Waals surface area (Å²) in [5.74, 6) is -2.51. The number of hydrogen-bond acceptors (Lipinski definition) is 7. The van der Waals surface area contributed by atoms with Gasteiger partial charge in [-0.05, 0) is 0 Å². The molecule has 0 bridgehead atoms. The van der Waals surface area contributed by atoms with E-state index >= 15 is 0 Å². The highest BCUT2D eigenvalue weighted by molar-refractivity contribution is 5.84. The standard InChI is InChI=1S/C9H16O8/c10-1-4-15-7(8(13)14)9(16-5-2-11)17-6-3-12/h10-12H,1-6H2,(H,13,14). The number of aliphatic hydroxyl groups is 3. The summed E-state index contributed by atoms with van der Waals surface area (Å²) in [6.07, 6.45) is 0. The molecule has 0 aliphatic carbocycles. The normalized spacial score (nSPS) is 9.59. The van der Waals surface area contributed by atoms with E-state index in [0.29, 0.717) is 0 Å². The molecule has 4 N–H and O–H groups in total. The Morgan fingerprint density at radius 3 is 1.59 bits per heavy atom. The molecule has 0 fully saturated rings. The molecule has 0 spiro atoms. The first-order valence-corrected chi connectivity index (χ1v) is 4.85. The quantitative estimate of drug-likeness (QED) is 0.267. The second-order valence-electron chi connectivity index (χ2n) is 2.64. The van der Waals surface area contributed by atoms with Crippen molar-refractivity contribution in [3.63, 3.8) is 0 Å². The number of ether oxygens (including phenoxy) is 3. The number of rotatable bonds is 10. The smallest absolute Gasteiger partial charge is 0.378 e. The van der Waals surface area contributed by atoms with Gasteiger partial charge in [0.25, 0.3) is 5.76 Å². The summed E-state index contributed by atoms with van der Waals surface area (Å²) in [6.45, 7) is -1.64. The number of carbonyl (C=O) groups is 1. The fourth-order valence-corrected chi connectivity index (χ4v) is 0.805. The number of carboxylic acids is 1. The summed E-state index contributed by atoms with van der Waals surface area (Å²) in [6, 6.07) is 0. The van der Waals surface area contributed by atoms with Crippen LogP contribution in [0.1, 0.15) is 0 Å². The van der Waals surface area contributed by atoms with Crippen molar-refractivity contribution in [1.82, 2.24) is 0 Å². The molecule has 0 aliphatic rings. The first-order chi connectivity index (χ1) is 8.17. The second kappa shape index (κ2) is 9.70. The molecule has 100 valence electrons. The molecule has 0 aromatic carbocycles. The zero-order valence-corrected chi connectivity index (χ0v) is 9.16. The van der Waals surface area contributed by atoms with Crippen LogP contribution in [0.5, 0.6) is 0 Å². The van der Waals surface area contributed by atoms with Crippen molar-refractivity contribution in [3.05, 3.63) is 11.7 Å². The summed E-state index contributed by atoms with van der Waals surface area (Å²) >= 11 is 0. The van der Waals surface area contributed by atoms with Gasteiger partial charge in [0, 0.05) is 0 Å². The number of carboxylic acid groups (broad SMARTS) is 1. The summed E-state index contributed by atoms with van der Waals surface area (Å²) in [7, 11) is 0. The molecule has 0 radical (unpaired) electrons. The van der Waals surface area contributed by atoms with E-state index in [1.807, 2.05) is 0 Å². The minimum atomic E-state index is -1.44. The molecule has 0 heterocycles. The monoisotopic (exact) mass is 252 g/mol. The van der Waals surface area contributed by atoms with Crippen LogP contribution in [0.25, 0.3) is 0 Å². The van der Waals surface area contributed by atoms with Gasteiger partial charge in [0.05, 0.1) is 19.8 Å². The third kappa shape index (κ3) is 6.61. The van der Waals surface area contributed by atoms with Gasteiger partial charge in [-0.25, -0.2) is 4.79 Å². The molecular weight excluding hydrogens is 236 g/mol. The molecule has 0 rings (SSSR count). The predicted octanol–water partition coefficient (Wildman–Crippen LogP) is -1.73. The molecular formula is C9H16O8. The minimum absolute atomic E-state index is 0.181. The Bertz CT molecular complexity index is 239. The van der Waals surface area contributed by atoms with Gasteiger partial charge >= 0.3 is 11.9 Å². The Kier molecular flexibility index (Phi) is 8.84. The largest absolute Gasteiger partial charge is 0.479 e. The molecule has 0 saturated carbocycles. The minimum Gasteiger partial charge on any atom is -0.479 e. The molecule has 0 atom stereocenters. The highest BCUT2D eigenvalue weighted by Crippen LogP contribution is 2.10. The van der Waals surface area contributed by atoms with Crippen molar-refractivity contribution in [2.24, 2.45) is 0 Å². The van der Waals surface area contributed by atoms with Crippen molar-refractivity contribution < 1.29 is 39.4 Å². The van der Waals surface area contributed by atoms with Crippen LogP contribution in [-0.4, -0.2) is 66.0 Å². The maximum atomic E-state index is 10.8. The lowest BCUT2D eigenvalue weighted by molar-refractivity contribution is -0.138. The van der Waals surface area contributed by atoms with Gasteiger partial charge in [-0.15, -0.1) is 0 Å². The van der Waals surface area contributed by atoms with Crippen molar-refractivity contribution >= 4 is 5.97 Å². The summed E-state index contributed by atoms with van der Waals surface area (Å²) < 4.78 is 14.4. The lowest BCUT2D eigenvalue weighted by atomic mass is 10.5. The number of hydrogen-bond donors (Lipinski definition) is 4. The fourth-order valence-electron chi connectivity index (χ4n) is 0.805. The van der Waals surface area contributed by atoms with Crippen LogP contribution in [0.4, 0.5) is 0 Å². The topological polar surface area (TPSA) is 126 Å². The first kappa shape index (κ1) is 15.5. The van der Waals surface area contributed by atoms with E-state index in [2.05, 4.69) is 0 Å². The SMILES string of the molecule is O=C(O)C(OCCO)=C(OCCO)OCCO. The molecule has 8 nitrogen and oxygen atoms in total. The lowest BCUT2D eigenvalue weighted by Gasteiger charge is -2.13. The van der Waals surface area contributed by atoms with Crippen molar-refractivity contribution in [2.75, 3.05) is 39.6 Å². The van der Waals surface area contributed by atoms with Gasteiger partial charge in [0.15, 0.2) is 0 Å². The van der Waals surface area contributed by atoms with Crippen molar-refractivity contribution in [2.45, 2.75) is 0 Å². The zero-order valence-electron chi connectivity index (χ0n) is 9.16. The van der Waals surface area contributed by atoms with Gasteiger partial charge in [-0.2, -0.15) is 0 Å². The summed E-state index contributed by atoms with van der Waals surface area (Å²) in [5, 5.41) is 34.5. The Labute approximate surface area is 97.6 Å². The summed E-state index contributed by atoms with van der Waals surface area (Å²) in [5.41, 5.74) is 0. The maximum absolute atomic E-state index is 10.8. The number of aliphatic hydroxyl groups excluding tert-OH is 3. The molecule has 0 aromatic rings. The van der Waals surface area contributed by atoms with E-state index in [4.69, 9.17) is 34.6 Å². The van der Waals surface area contributed by atoms with E-state index in [-0.39, 0.29) is 39.6 Å². The molecule has 8 heteroatoms. The molecule has 0 aromatic heterocycles. The Morgan fingerprint density at radius 2 is 1.24 bits per heavy atom. The van der Waals surface area contributed by atoms with E-state index in [1.54, 1.807) is 0 Å². The Balaban J connectivity index is 4.73. The van der Waals surface area contributed by atoms with Crippen LogP contribution in [0.15, 0.2) is 11.7 Å². The third-order valence-electron chi connectivity index (χ3n) is 1.37. The molecule has 0 aliphatic heterocycles. The highest BCUT2D eigenvalue weighted by atomic mass is 16.7. The average Bonchev–Trinajstić information content (AvgIpc) is 2.31. The lowest BCUT2D eigenvalue weighted by Crippen LogP contribution is -2.16. The van der Waals surface area contributed by atoms with Gasteiger partial charge in [-0.1, -0.05) is 0 Å². The van der Waals surface area contributed by atoms with E-state index in [0.717, 1.165) is 0 Å². The predicted molar refractivity (Wildman–Crippen MR) is 53.8 cm³/mol. The number of aliphatic carboxylic acids is 1. The van der Waals surface area contributed by atoms with Crippen molar-refractivity contribution in [3.8, 4) is 0 Å². The first-order valence-electron chi connectivity index (χ1n) is 4.85. The van der Waals surface area contributed by atoms with Crippen LogP contribution in [0.2, 0.25) is 0 Å². The van der Waals surface area contributed by atoms with Gasteiger partial charge in [-0.3, -0.25) is 0 Å². The average molecular weight is 252 g/mol. The van der Waals surface area contributed by atoms with Gasteiger partial charge in [0.1, 0.15) is 19.8 Å². The molecule has 17 heavy (non-hydrogen) atoms. The highest BCUT2D eigenvalue weighted by Gasteiger charge is 2.20. The van der Waals surface area contributed by atoms with Crippen LogP contribution in [0.3, 0.4) is 0 Å². The molecule has 0 unspecified atom stereocenters. The van der Waals surface area contributed by atoms with Gasteiger partial charge < -0.3 is 34.6 Å². The van der Waals surface area contributed by atoms with Crippen LogP contribution >= 0.6 is 0 Å². The van der Waals surface area contributed by atoms with E-state index in [1.165, 1.54) is 0 Å². The maximum Gasteiger partial charge on any atom is 0.378 e. The van der Waals surface area contributed by atoms with Crippen LogP contribution in [0, 0.1) is 0 Å². The van der Waals surface area contributed by atoms with E-state index in [9.17, 15) is 4.79 Å². The molecule has 0 saturated heterocycles.